The molecule has 1 saturated heterocycles. The Bertz CT molecular complexity index is 418. The number of nitrogens with one attached hydrogen (secondary N) is 1. The molecular weight excluding hydrogens is 266 g/mol. The summed E-state index contributed by atoms with van der Waals surface area (Å²) in [5, 5.41) is 13.4. The third-order valence-electron chi connectivity index (χ3n) is 4.08. The summed E-state index contributed by atoms with van der Waals surface area (Å²) in [5.74, 6) is 1.45. The molecule has 1 aliphatic heterocycles. The molecule has 2 N–H and O–H groups in total. The van der Waals surface area contributed by atoms with Crippen LogP contribution in [0.15, 0.2) is 24.3 Å². The summed E-state index contributed by atoms with van der Waals surface area (Å²) in [6.07, 6.45) is 1.71. The molecule has 0 aliphatic carbocycles. The van der Waals surface area contributed by atoms with Crippen LogP contribution in [0.25, 0.3) is 0 Å². The number of hydrogen-bond donors (Lipinski definition) is 2. The van der Waals surface area contributed by atoms with Crippen LogP contribution in [0.1, 0.15) is 25.3 Å². The van der Waals surface area contributed by atoms with E-state index < -0.39 is 6.10 Å². The minimum absolute atomic E-state index is 0.316. The first-order valence-corrected chi connectivity index (χ1v) is 7.84. The highest BCUT2D eigenvalue weighted by Gasteiger charge is 2.20. The largest absolute Gasteiger partial charge is 0.491 e. The van der Waals surface area contributed by atoms with Gasteiger partial charge < -0.3 is 19.9 Å². The zero-order valence-corrected chi connectivity index (χ0v) is 13.0. The topological polar surface area (TPSA) is 50.7 Å². The summed E-state index contributed by atoms with van der Waals surface area (Å²) < 4.78 is 11.0. The Hall–Kier alpha value is -1.10. The molecule has 2 unspecified atom stereocenters. The van der Waals surface area contributed by atoms with E-state index in [2.05, 4.69) is 12.2 Å². The van der Waals surface area contributed by atoms with Crippen molar-refractivity contribution in [1.82, 2.24) is 5.32 Å². The standard InChI is InChI=1S/C17H27NO3/c1-13-4-3-5-17(10-13)21-12-16(19)11-18-14(2)15-6-8-20-9-7-15/h3-5,10,14-16,18-19H,6-9,11-12H2,1-2H3. The molecule has 2 rings (SSSR count). The van der Waals surface area contributed by atoms with Crippen molar-refractivity contribution in [3.8, 4) is 5.75 Å². The monoisotopic (exact) mass is 293 g/mol. The summed E-state index contributed by atoms with van der Waals surface area (Å²) in [6.45, 7) is 6.80. The maximum absolute atomic E-state index is 10.0. The molecule has 0 spiro atoms. The summed E-state index contributed by atoms with van der Waals surface area (Å²) in [6, 6.07) is 8.29. The van der Waals surface area contributed by atoms with Crippen molar-refractivity contribution in [3.05, 3.63) is 29.8 Å². The van der Waals surface area contributed by atoms with Gasteiger partial charge >= 0.3 is 0 Å². The van der Waals surface area contributed by atoms with Gasteiger partial charge in [0.2, 0.25) is 0 Å². The number of aliphatic hydroxyl groups excluding tert-OH is 1. The van der Waals surface area contributed by atoms with E-state index in [1.165, 1.54) is 0 Å². The van der Waals surface area contributed by atoms with Gasteiger partial charge in [-0.1, -0.05) is 12.1 Å². The van der Waals surface area contributed by atoms with Crippen LogP contribution in [0, 0.1) is 12.8 Å². The molecule has 1 aromatic rings. The van der Waals surface area contributed by atoms with Crippen molar-refractivity contribution >= 4 is 0 Å². The summed E-state index contributed by atoms with van der Waals surface area (Å²) in [4.78, 5) is 0. The van der Waals surface area contributed by atoms with Gasteiger partial charge in [0.05, 0.1) is 0 Å². The second kappa shape index (κ2) is 8.37. The molecule has 1 fully saturated rings. The zero-order chi connectivity index (χ0) is 15.1. The molecule has 2 atom stereocenters. The molecular formula is C17H27NO3. The van der Waals surface area contributed by atoms with Gasteiger partial charge in [0, 0.05) is 25.8 Å². The van der Waals surface area contributed by atoms with Crippen molar-refractivity contribution in [2.75, 3.05) is 26.4 Å². The third kappa shape index (κ3) is 5.65. The highest BCUT2D eigenvalue weighted by atomic mass is 16.5. The molecule has 1 aromatic carbocycles. The van der Waals surface area contributed by atoms with Crippen molar-refractivity contribution < 1.29 is 14.6 Å². The van der Waals surface area contributed by atoms with Crippen molar-refractivity contribution in [2.45, 2.75) is 38.8 Å². The minimum atomic E-state index is -0.493. The minimum Gasteiger partial charge on any atom is -0.491 e. The zero-order valence-electron chi connectivity index (χ0n) is 13.0. The predicted octanol–water partition coefficient (Wildman–Crippen LogP) is 2.14. The molecule has 118 valence electrons. The van der Waals surface area contributed by atoms with E-state index in [0.717, 1.165) is 37.4 Å². The van der Waals surface area contributed by atoms with E-state index in [0.29, 0.717) is 25.1 Å². The number of aliphatic hydroxyl groups is 1. The molecule has 4 nitrogen and oxygen atoms in total. The number of benzene rings is 1. The molecule has 0 aromatic heterocycles. The highest BCUT2D eigenvalue weighted by molar-refractivity contribution is 5.27. The van der Waals surface area contributed by atoms with E-state index in [1.54, 1.807) is 0 Å². The first-order valence-electron chi connectivity index (χ1n) is 7.84. The van der Waals surface area contributed by atoms with Crippen LogP contribution in [-0.4, -0.2) is 43.6 Å². The molecule has 1 heterocycles. The lowest BCUT2D eigenvalue weighted by Gasteiger charge is -2.29. The van der Waals surface area contributed by atoms with Crippen LogP contribution >= 0.6 is 0 Å². The van der Waals surface area contributed by atoms with Crippen molar-refractivity contribution in [3.63, 3.8) is 0 Å². The lowest BCUT2D eigenvalue weighted by atomic mass is 9.93. The fraction of sp³-hybridized carbons (Fsp3) is 0.647. The summed E-state index contributed by atoms with van der Waals surface area (Å²) >= 11 is 0. The molecule has 0 amide bonds. The van der Waals surface area contributed by atoms with Crippen LogP contribution in [0.2, 0.25) is 0 Å². The third-order valence-corrected chi connectivity index (χ3v) is 4.08. The number of hydrogen-bond acceptors (Lipinski definition) is 4. The Kier molecular flexibility index (Phi) is 6.49. The van der Waals surface area contributed by atoms with Crippen LogP contribution in [-0.2, 0) is 4.74 Å². The molecule has 0 saturated carbocycles. The van der Waals surface area contributed by atoms with Crippen LogP contribution in [0.3, 0.4) is 0 Å². The Balaban J connectivity index is 1.66. The maximum atomic E-state index is 10.0. The van der Waals surface area contributed by atoms with E-state index in [4.69, 9.17) is 9.47 Å². The van der Waals surface area contributed by atoms with E-state index in [1.807, 2.05) is 31.2 Å². The van der Waals surface area contributed by atoms with E-state index >= 15 is 0 Å². The summed E-state index contributed by atoms with van der Waals surface area (Å²) in [5.41, 5.74) is 1.16. The lowest BCUT2D eigenvalue weighted by molar-refractivity contribution is 0.0512. The van der Waals surface area contributed by atoms with Gasteiger partial charge in [-0.3, -0.25) is 0 Å². The lowest BCUT2D eigenvalue weighted by Crippen LogP contribution is -2.41. The van der Waals surface area contributed by atoms with Crippen molar-refractivity contribution in [2.24, 2.45) is 5.92 Å². The fourth-order valence-corrected chi connectivity index (χ4v) is 2.66. The number of ether oxygens (including phenoxy) is 2. The predicted molar refractivity (Wildman–Crippen MR) is 83.7 cm³/mol. The van der Waals surface area contributed by atoms with E-state index in [-0.39, 0.29) is 0 Å². The first-order chi connectivity index (χ1) is 10.1. The van der Waals surface area contributed by atoms with Gasteiger partial charge in [-0.15, -0.1) is 0 Å². The van der Waals surface area contributed by atoms with Gasteiger partial charge in [-0.25, -0.2) is 0 Å². The van der Waals surface area contributed by atoms with E-state index in [9.17, 15) is 5.11 Å². The Morgan fingerprint density at radius 1 is 1.38 bits per heavy atom. The fourth-order valence-electron chi connectivity index (χ4n) is 2.66. The van der Waals surface area contributed by atoms with Gasteiger partial charge in [-0.05, 0) is 50.3 Å². The molecule has 21 heavy (non-hydrogen) atoms. The van der Waals surface area contributed by atoms with Crippen LogP contribution in [0.4, 0.5) is 0 Å². The van der Waals surface area contributed by atoms with Gasteiger partial charge in [0.1, 0.15) is 18.5 Å². The molecule has 0 bridgehead atoms. The van der Waals surface area contributed by atoms with Gasteiger partial charge in [-0.2, -0.15) is 0 Å². The van der Waals surface area contributed by atoms with Crippen molar-refractivity contribution in [1.29, 1.82) is 0 Å². The maximum Gasteiger partial charge on any atom is 0.119 e. The smallest absolute Gasteiger partial charge is 0.119 e. The normalized spacial score (nSPS) is 19.2. The van der Waals surface area contributed by atoms with Crippen LogP contribution in [0.5, 0.6) is 5.75 Å². The SMILES string of the molecule is Cc1cccc(OCC(O)CNC(C)C2CCOCC2)c1. The molecule has 1 aliphatic rings. The Morgan fingerprint density at radius 2 is 2.14 bits per heavy atom. The Labute approximate surface area is 127 Å². The highest BCUT2D eigenvalue weighted by Crippen LogP contribution is 2.18. The molecule has 4 heteroatoms. The van der Waals surface area contributed by atoms with Crippen LogP contribution < -0.4 is 10.1 Å². The summed E-state index contributed by atoms with van der Waals surface area (Å²) in [7, 11) is 0. The van der Waals surface area contributed by atoms with Gasteiger partial charge in [0.25, 0.3) is 0 Å². The first kappa shape index (κ1) is 16.3. The second-order valence-electron chi connectivity index (χ2n) is 5.93. The quantitative estimate of drug-likeness (QED) is 0.809. The Morgan fingerprint density at radius 3 is 2.86 bits per heavy atom. The number of aryl methyl sites for hydroxylation is 1. The average molecular weight is 293 g/mol. The number of rotatable bonds is 7. The second-order valence-corrected chi connectivity index (χ2v) is 5.93. The molecule has 0 radical (unpaired) electrons. The average Bonchev–Trinajstić information content (AvgIpc) is 2.51. The van der Waals surface area contributed by atoms with Gasteiger partial charge in [0.15, 0.2) is 0 Å².